The van der Waals surface area contributed by atoms with Crippen molar-refractivity contribution < 1.29 is 19.4 Å². The number of anilines is 1. The number of rotatable bonds is 5. The van der Waals surface area contributed by atoms with Gasteiger partial charge in [-0.2, -0.15) is 0 Å². The van der Waals surface area contributed by atoms with Crippen LogP contribution in [-0.4, -0.2) is 48.7 Å². The first-order valence-electron chi connectivity index (χ1n) is 6.94. The van der Waals surface area contributed by atoms with Crippen LogP contribution in [-0.2, 0) is 14.3 Å². The van der Waals surface area contributed by atoms with Gasteiger partial charge in [0.2, 0.25) is 0 Å². The van der Waals surface area contributed by atoms with E-state index in [9.17, 15) is 9.59 Å². The fourth-order valence-electron chi connectivity index (χ4n) is 2.28. The molecular formula is C15H15Cl3N2O4. The Balaban J connectivity index is 2.47. The molecule has 6 nitrogen and oxygen atoms in total. The topological polar surface area (TPSA) is 78.9 Å². The molecule has 1 aromatic rings. The molecule has 130 valence electrons. The monoisotopic (exact) mass is 392 g/mol. The third kappa shape index (κ3) is 3.47. The number of carbonyl (C=O) groups excluding carboxylic acids is 2. The third-order valence-electron chi connectivity index (χ3n) is 3.60. The molecule has 0 atom stereocenters. The van der Waals surface area contributed by atoms with E-state index in [2.05, 4.69) is 5.32 Å². The van der Waals surface area contributed by atoms with Crippen LogP contribution in [0.15, 0.2) is 17.3 Å². The maximum atomic E-state index is 12.5. The summed E-state index contributed by atoms with van der Waals surface area (Å²) >= 11 is 18.4. The summed E-state index contributed by atoms with van der Waals surface area (Å²) in [5, 5.41) is 12.7. The number of ether oxygens (including phenoxy) is 1. The lowest BCUT2D eigenvalue weighted by atomic mass is 10.2. The molecule has 0 saturated heterocycles. The van der Waals surface area contributed by atoms with E-state index in [0.717, 1.165) is 0 Å². The van der Waals surface area contributed by atoms with Gasteiger partial charge in [-0.1, -0.05) is 34.8 Å². The molecule has 1 aromatic carbocycles. The van der Waals surface area contributed by atoms with Crippen molar-refractivity contribution in [3.8, 4) is 0 Å². The number of aliphatic hydroxyl groups is 1. The molecule has 1 aliphatic rings. The molecule has 0 aliphatic carbocycles. The number of hydrogen-bond acceptors (Lipinski definition) is 5. The average molecular weight is 394 g/mol. The summed E-state index contributed by atoms with van der Waals surface area (Å²) in [6.45, 7) is 1.59. The Morgan fingerprint density at radius 3 is 2.62 bits per heavy atom. The third-order valence-corrected chi connectivity index (χ3v) is 4.77. The highest BCUT2D eigenvalue weighted by Gasteiger charge is 2.35. The summed E-state index contributed by atoms with van der Waals surface area (Å²) in [5.74, 6) is -1.10. The van der Waals surface area contributed by atoms with E-state index in [1.54, 1.807) is 6.92 Å². The fourth-order valence-corrected chi connectivity index (χ4v) is 3.14. The van der Waals surface area contributed by atoms with Crippen LogP contribution in [0.1, 0.15) is 5.56 Å². The van der Waals surface area contributed by atoms with Gasteiger partial charge in [0.05, 0.1) is 41.6 Å². The van der Waals surface area contributed by atoms with Crippen molar-refractivity contribution in [1.82, 2.24) is 4.90 Å². The van der Waals surface area contributed by atoms with Gasteiger partial charge >= 0.3 is 5.97 Å². The van der Waals surface area contributed by atoms with Crippen LogP contribution in [0.3, 0.4) is 0 Å². The van der Waals surface area contributed by atoms with E-state index in [1.165, 1.54) is 18.1 Å². The molecular weight excluding hydrogens is 379 g/mol. The highest BCUT2D eigenvalue weighted by atomic mass is 35.5. The molecule has 0 radical (unpaired) electrons. The predicted molar refractivity (Wildman–Crippen MR) is 92.5 cm³/mol. The second kappa shape index (κ2) is 7.61. The first-order chi connectivity index (χ1) is 11.3. The van der Waals surface area contributed by atoms with E-state index >= 15 is 0 Å². The number of amides is 1. The number of benzene rings is 1. The van der Waals surface area contributed by atoms with Crippen molar-refractivity contribution in [3.63, 3.8) is 0 Å². The number of nitrogens with one attached hydrogen (secondary N) is 1. The van der Waals surface area contributed by atoms with Gasteiger partial charge in [0.1, 0.15) is 5.70 Å². The molecule has 2 N–H and O–H groups in total. The number of β-amino-alcohol motifs (C(OH)–C–C–N with tert-alkyl or cyclic N) is 1. The summed E-state index contributed by atoms with van der Waals surface area (Å²) in [6, 6.07) is 1.50. The number of methoxy groups -OCH3 is 1. The summed E-state index contributed by atoms with van der Waals surface area (Å²) in [7, 11) is 1.22. The van der Waals surface area contributed by atoms with Crippen molar-refractivity contribution in [2.75, 3.05) is 32.1 Å². The van der Waals surface area contributed by atoms with Crippen LogP contribution < -0.4 is 5.32 Å². The first kappa shape index (κ1) is 18.9. The molecule has 0 saturated carbocycles. The zero-order valence-corrected chi connectivity index (χ0v) is 15.2. The second-order valence-corrected chi connectivity index (χ2v) is 6.27. The Morgan fingerprint density at radius 2 is 2.04 bits per heavy atom. The summed E-state index contributed by atoms with van der Waals surface area (Å²) in [4.78, 5) is 25.8. The van der Waals surface area contributed by atoms with Crippen molar-refractivity contribution in [2.24, 2.45) is 0 Å². The van der Waals surface area contributed by atoms with Gasteiger partial charge in [0, 0.05) is 11.6 Å². The largest absolute Gasteiger partial charge is 0.466 e. The van der Waals surface area contributed by atoms with Gasteiger partial charge in [0.25, 0.3) is 5.91 Å². The van der Waals surface area contributed by atoms with E-state index in [0.29, 0.717) is 10.6 Å². The fraction of sp³-hybridized carbons (Fsp3) is 0.333. The summed E-state index contributed by atoms with van der Waals surface area (Å²) < 4.78 is 4.71. The predicted octanol–water partition coefficient (Wildman–Crippen LogP) is 2.63. The Hall–Kier alpha value is -1.47. The Kier molecular flexibility index (Phi) is 5.98. The van der Waals surface area contributed by atoms with Crippen LogP contribution in [0.5, 0.6) is 0 Å². The van der Waals surface area contributed by atoms with Gasteiger partial charge in [-0.15, -0.1) is 0 Å². The van der Waals surface area contributed by atoms with E-state index in [1.807, 2.05) is 0 Å². The maximum Gasteiger partial charge on any atom is 0.337 e. The number of halogens is 3. The van der Waals surface area contributed by atoms with Crippen LogP contribution in [0.4, 0.5) is 5.69 Å². The minimum absolute atomic E-state index is 0.0147. The van der Waals surface area contributed by atoms with Crippen LogP contribution in [0.2, 0.25) is 15.1 Å². The molecule has 2 rings (SSSR count). The van der Waals surface area contributed by atoms with Crippen LogP contribution in [0, 0.1) is 6.92 Å². The Labute approximate surface area is 153 Å². The maximum absolute atomic E-state index is 12.5. The van der Waals surface area contributed by atoms with Gasteiger partial charge in [0.15, 0.2) is 0 Å². The number of carbonyl (C=O) groups is 2. The minimum atomic E-state index is -0.649. The molecule has 0 spiro atoms. The molecule has 1 heterocycles. The Morgan fingerprint density at radius 1 is 1.38 bits per heavy atom. The number of aliphatic hydroxyl groups excluding tert-OH is 1. The van der Waals surface area contributed by atoms with Crippen molar-refractivity contribution in [2.45, 2.75) is 6.92 Å². The van der Waals surface area contributed by atoms with Crippen LogP contribution in [0.25, 0.3) is 0 Å². The molecule has 1 aliphatic heterocycles. The van der Waals surface area contributed by atoms with Gasteiger partial charge in [-0.3, -0.25) is 4.79 Å². The lowest BCUT2D eigenvalue weighted by Crippen LogP contribution is -2.31. The molecule has 1 amide bonds. The summed E-state index contributed by atoms with van der Waals surface area (Å²) in [6.07, 6.45) is 0. The SMILES string of the molecule is COC(=O)C1=C(Nc2c(Cl)cc(Cl)c(C)c2Cl)C(=O)N(CCO)C1. The van der Waals surface area contributed by atoms with Gasteiger partial charge in [-0.05, 0) is 18.6 Å². The quantitative estimate of drug-likeness (QED) is 0.752. The van der Waals surface area contributed by atoms with Crippen molar-refractivity contribution in [1.29, 1.82) is 0 Å². The minimum Gasteiger partial charge on any atom is -0.466 e. The molecule has 0 bridgehead atoms. The zero-order valence-electron chi connectivity index (χ0n) is 13.0. The van der Waals surface area contributed by atoms with Crippen LogP contribution >= 0.6 is 34.8 Å². The normalized spacial score (nSPS) is 14.4. The summed E-state index contributed by atoms with van der Waals surface area (Å²) in [5.41, 5.74) is 1.01. The zero-order chi connectivity index (χ0) is 18.0. The second-order valence-electron chi connectivity index (χ2n) is 5.07. The molecule has 0 fully saturated rings. The number of nitrogens with zero attached hydrogens (tertiary/aromatic N) is 1. The lowest BCUT2D eigenvalue weighted by Gasteiger charge is -2.16. The van der Waals surface area contributed by atoms with E-state index < -0.39 is 11.9 Å². The smallest absolute Gasteiger partial charge is 0.337 e. The van der Waals surface area contributed by atoms with Gasteiger partial charge in [-0.25, -0.2) is 4.79 Å². The Bertz CT molecular complexity index is 734. The van der Waals surface area contributed by atoms with E-state index in [4.69, 9.17) is 44.6 Å². The number of esters is 1. The van der Waals surface area contributed by atoms with Crippen molar-refractivity contribution in [3.05, 3.63) is 38.0 Å². The average Bonchev–Trinajstić information content (AvgIpc) is 2.85. The molecule has 24 heavy (non-hydrogen) atoms. The molecule has 0 aromatic heterocycles. The van der Waals surface area contributed by atoms with Gasteiger partial charge < -0.3 is 20.1 Å². The van der Waals surface area contributed by atoms with Crippen molar-refractivity contribution >= 4 is 52.4 Å². The number of hydrogen-bond donors (Lipinski definition) is 2. The molecule has 0 unspecified atom stereocenters. The first-order valence-corrected chi connectivity index (χ1v) is 8.07. The molecule has 9 heteroatoms. The van der Waals surface area contributed by atoms with E-state index in [-0.39, 0.29) is 46.7 Å². The standard InChI is InChI=1S/C15H15Cl3N2O4/c1-7-9(16)5-10(17)13(11(7)18)19-12-8(15(23)24-2)6-20(3-4-21)14(12)22/h5,19,21H,3-4,6H2,1-2H3. The highest BCUT2D eigenvalue weighted by molar-refractivity contribution is 6.42. The highest BCUT2D eigenvalue weighted by Crippen LogP contribution is 2.39. The lowest BCUT2D eigenvalue weighted by molar-refractivity contribution is -0.136.